The Morgan fingerprint density at radius 3 is 1.14 bits per heavy atom. The van der Waals surface area contributed by atoms with Gasteiger partial charge in [-0.25, -0.2) is 0 Å². The van der Waals surface area contributed by atoms with E-state index < -0.39 is 17.4 Å². The molecule has 2 aliphatic carbocycles. The summed E-state index contributed by atoms with van der Waals surface area (Å²) < 4.78 is 6.17. The van der Waals surface area contributed by atoms with Crippen LogP contribution in [-0.4, -0.2) is 6.88 Å². The molecule has 0 N–H and O–H groups in total. The van der Waals surface area contributed by atoms with E-state index in [0.717, 1.165) is 0 Å². The second-order valence-electron chi connectivity index (χ2n) is 16.4. The van der Waals surface area contributed by atoms with E-state index in [9.17, 15) is 0 Å². The fourth-order valence-electron chi connectivity index (χ4n) is 10.2. The molecule has 0 heterocycles. The van der Waals surface area contributed by atoms with Crippen molar-refractivity contribution >= 4 is 76.5 Å². The van der Waals surface area contributed by atoms with Gasteiger partial charge in [-0.2, -0.15) is 0 Å². The summed E-state index contributed by atoms with van der Waals surface area (Å²) in [6.45, 7) is 2.43. The molecule has 4 heteroatoms. The third-order valence-corrected chi connectivity index (χ3v) is 29.6. The van der Waals surface area contributed by atoms with Crippen molar-refractivity contribution in [2.45, 2.75) is 16.5 Å². The average Bonchev–Trinajstić information content (AvgIpc) is 3.83. The number of fused-ring (bicyclic) bond motifs is 4. The second kappa shape index (κ2) is 14.7. The van der Waals surface area contributed by atoms with Crippen molar-refractivity contribution in [3.8, 4) is 22.3 Å². The Labute approximate surface area is 345 Å². The summed E-state index contributed by atoms with van der Waals surface area (Å²) in [7, 11) is 0. The molecule has 8 aromatic rings. The normalized spacial score (nSPS) is 16.0. The Hall–Kier alpha value is -4.56. The molecular formula is C52H44Cl2SiZr. The van der Waals surface area contributed by atoms with Gasteiger partial charge >= 0.3 is 323 Å². The van der Waals surface area contributed by atoms with Gasteiger partial charge in [0.15, 0.2) is 0 Å². The molecule has 2 aliphatic rings. The minimum absolute atomic E-state index is 0. The van der Waals surface area contributed by atoms with Crippen molar-refractivity contribution in [1.29, 1.82) is 0 Å². The molecule has 2 atom stereocenters. The maximum absolute atomic E-state index is 4.10. The summed E-state index contributed by atoms with van der Waals surface area (Å²) in [6.07, 6.45) is 5.16. The zero-order valence-corrected chi connectivity index (χ0v) is 37.2. The topological polar surface area (TPSA) is 0 Å². The summed E-state index contributed by atoms with van der Waals surface area (Å²) in [5.74, 6) is 0. The Morgan fingerprint density at radius 1 is 0.375 bits per heavy atom. The van der Waals surface area contributed by atoms with Crippen LogP contribution in [0.2, 0.25) is 9.26 Å². The van der Waals surface area contributed by atoms with E-state index in [1.807, 2.05) is 0 Å². The molecule has 10 rings (SSSR count). The number of halogens is 2. The molecule has 274 valence electrons. The van der Waals surface area contributed by atoms with Crippen LogP contribution in [0.5, 0.6) is 0 Å². The fourth-order valence-corrected chi connectivity index (χ4v) is 28.7. The minimum atomic E-state index is -4.10. The quantitative estimate of drug-likeness (QED) is 0.146. The zero-order chi connectivity index (χ0) is 36.5. The predicted molar refractivity (Wildman–Crippen MR) is 248 cm³/mol. The number of allylic oxidation sites excluding steroid dienone is 2. The van der Waals surface area contributed by atoms with Crippen molar-refractivity contribution in [3.63, 3.8) is 0 Å². The van der Waals surface area contributed by atoms with E-state index in [0.29, 0.717) is 7.25 Å². The van der Waals surface area contributed by atoms with Gasteiger partial charge in [0, 0.05) is 0 Å². The van der Waals surface area contributed by atoms with Gasteiger partial charge in [0.05, 0.1) is 0 Å². The van der Waals surface area contributed by atoms with Crippen molar-refractivity contribution in [2.24, 2.45) is 0 Å². The van der Waals surface area contributed by atoms with E-state index in [1.165, 1.54) is 88.3 Å². The Balaban J connectivity index is 0.00000220. The fraction of sp³-hybridized carbons (Fsp3) is 0.0769. The van der Waals surface area contributed by atoms with Crippen LogP contribution in [-0.2, 0) is 17.4 Å². The third-order valence-electron chi connectivity index (χ3n) is 12.4. The molecule has 8 aromatic carbocycles. The second-order valence-corrected chi connectivity index (χ2v) is 46.9. The van der Waals surface area contributed by atoms with E-state index in [4.69, 9.17) is 0 Å². The number of rotatable bonds is 6. The van der Waals surface area contributed by atoms with Crippen LogP contribution in [0.15, 0.2) is 182 Å². The standard InChI is InChI=1S/2C25H17.2CH3.2ClH.H2Si.Zr/c2*1-2-8-18(9-3-1)21-16-20-12-7-15-24(25(20)17-21)23-14-6-11-19-10-4-5-13-22(19)23;;;;;;/h2*1-17H;2*1H3;2*1H;1H2;. The van der Waals surface area contributed by atoms with Crippen LogP contribution in [0.3, 0.4) is 0 Å². The van der Waals surface area contributed by atoms with Crippen molar-refractivity contribution < 1.29 is 17.4 Å². The van der Waals surface area contributed by atoms with Gasteiger partial charge < -0.3 is 0 Å². The first-order chi connectivity index (χ1) is 26.4. The Bertz CT molecular complexity index is 2720. The third kappa shape index (κ3) is 6.14. The molecule has 0 aliphatic heterocycles. The van der Waals surface area contributed by atoms with Gasteiger partial charge in [-0.3, -0.25) is 0 Å². The molecule has 0 spiro atoms. The molecule has 0 aromatic heterocycles. The van der Waals surface area contributed by atoms with Gasteiger partial charge in [0.25, 0.3) is 0 Å². The Kier molecular flexibility index (Phi) is 10.1. The summed E-state index contributed by atoms with van der Waals surface area (Å²) in [5.41, 5.74) is 16.7. The molecule has 0 bridgehead atoms. The van der Waals surface area contributed by atoms with Gasteiger partial charge in [-0.1, -0.05) is 0 Å². The summed E-state index contributed by atoms with van der Waals surface area (Å²) in [4.78, 5) is 0. The molecule has 0 nitrogen and oxygen atoms in total. The van der Waals surface area contributed by atoms with E-state index in [-0.39, 0.29) is 24.8 Å². The first-order valence-electron chi connectivity index (χ1n) is 19.2. The molecule has 0 fully saturated rings. The molecule has 0 saturated heterocycles. The van der Waals surface area contributed by atoms with Crippen LogP contribution in [0.4, 0.5) is 0 Å². The van der Waals surface area contributed by atoms with Crippen LogP contribution < -0.4 is 0 Å². The van der Waals surface area contributed by atoms with Crippen LogP contribution >= 0.6 is 24.8 Å². The van der Waals surface area contributed by atoms with Crippen LogP contribution in [0, 0.1) is 0 Å². The average molecular weight is 859 g/mol. The van der Waals surface area contributed by atoms with Crippen LogP contribution in [0.1, 0.15) is 40.6 Å². The van der Waals surface area contributed by atoms with Gasteiger partial charge in [0.2, 0.25) is 0 Å². The van der Waals surface area contributed by atoms with Crippen molar-refractivity contribution in [1.82, 2.24) is 0 Å². The zero-order valence-electron chi connectivity index (χ0n) is 31.7. The summed E-state index contributed by atoms with van der Waals surface area (Å²) >= 11 is -4.10. The molecule has 56 heavy (non-hydrogen) atoms. The Morgan fingerprint density at radius 2 is 0.714 bits per heavy atom. The first kappa shape index (κ1) is 38.3. The molecular weight excluding hydrogens is 815 g/mol. The van der Waals surface area contributed by atoms with E-state index in [2.05, 4.69) is 210 Å². The number of hydrogen-bond donors (Lipinski definition) is 0. The first-order valence-corrected chi connectivity index (χ1v) is 32.9. The molecule has 0 amide bonds. The molecule has 0 saturated carbocycles. The van der Waals surface area contributed by atoms with Gasteiger partial charge in [-0.05, 0) is 0 Å². The van der Waals surface area contributed by atoms with E-state index >= 15 is 0 Å². The predicted octanol–water partition coefficient (Wildman–Crippen LogP) is 14.4. The molecule has 0 radical (unpaired) electrons. The molecule has 2 unspecified atom stereocenters. The summed E-state index contributed by atoms with van der Waals surface area (Å²) in [5, 5.41) is 5.18. The monoisotopic (exact) mass is 856 g/mol. The number of benzene rings is 8. The summed E-state index contributed by atoms with van der Waals surface area (Å²) in [6, 6.07) is 68.0. The van der Waals surface area contributed by atoms with Crippen molar-refractivity contribution in [3.05, 3.63) is 215 Å². The van der Waals surface area contributed by atoms with Crippen LogP contribution in [0.25, 0.3) is 67.1 Å². The SMILES string of the molecule is Cl.Cl.[CH3][Zr]([CH3])(=[SiH2])([CH]1C(c2ccccc2)=Cc2c(-c3cccc4ccccc34)cccc21)[CH]1C(c2ccccc2)=Cc2c(-c3cccc4ccccc34)cccc21. The maximum atomic E-state index is 2.77. The van der Waals surface area contributed by atoms with E-state index in [1.54, 1.807) is 0 Å². The van der Waals surface area contributed by atoms with Crippen molar-refractivity contribution in [2.75, 3.05) is 0 Å². The van der Waals surface area contributed by atoms with Gasteiger partial charge in [-0.15, -0.1) is 24.8 Å². The van der Waals surface area contributed by atoms with Gasteiger partial charge in [0.1, 0.15) is 0 Å². The number of hydrogen-bond acceptors (Lipinski definition) is 0.